The molecule has 4 heteroatoms. The summed E-state index contributed by atoms with van der Waals surface area (Å²) >= 11 is 0. The molecular formula is C16H26N4. The van der Waals surface area contributed by atoms with Gasteiger partial charge in [0.2, 0.25) is 0 Å². The average molecular weight is 274 g/mol. The van der Waals surface area contributed by atoms with Gasteiger partial charge in [-0.3, -0.25) is 9.88 Å². The first-order valence-corrected chi connectivity index (χ1v) is 7.95. The molecule has 4 nitrogen and oxygen atoms in total. The highest BCUT2D eigenvalue weighted by molar-refractivity contribution is 5.20. The molecule has 0 aromatic carbocycles. The summed E-state index contributed by atoms with van der Waals surface area (Å²) in [5, 5.41) is 3.47. The van der Waals surface area contributed by atoms with Crippen molar-refractivity contribution in [2.24, 2.45) is 11.7 Å². The molecule has 1 aromatic rings. The average Bonchev–Trinajstić information content (AvgIpc) is 3.06. The fraction of sp³-hybridized carbons (Fsp3) is 0.688. The second-order valence-electron chi connectivity index (χ2n) is 6.06. The zero-order chi connectivity index (χ0) is 13.8. The normalized spacial score (nSPS) is 24.6. The van der Waals surface area contributed by atoms with Crippen LogP contribution in [0.2, 0.25) is 0 Å². The van der Waals surface area contributed by atoms with E-state index in [1.54, 1.807) is 0 Å². The Kier molecular flexibility index (Phi) is 4.34. The number of likely N-dealkylation sites (tertiary alicyclic amines) is 1. The van der Waals surface area contributed by atoms with Crippen molar-refractivity contribution in [1.82, 2.24) is 15.2 Å². The first-order chi connectivity index (χ1) is 9.88. The molecular weight excluding hydrogens is 248 g/mol. The lowest BCUT2D eigenvalue weighted by Crippen LogP contribution is -2.57. The summed E-state index contributed by atoms with van der Waals surface area (Å²) in [7, 11) is 0. The van der Waals surface area contributed by atoms with Crippen LogP contribution in [0.25, 0.3) is 0 Å². The lowest BCUT2D eigenvalue weighted by atomic mass is 9.74. The van der Waals surface area contributed by atoms with E-state index >= 15 is 0 Å². The van der Waals surface area contributed by atoms with Crippen LogP contribution < -0.4 is 11.1 Å². The smallest absolute Gasteiger partial charge is 0.0786 e. The second-order valence-corrected chi connectivity index (χ2v) is 6.06. The monoisotopic (exact) mass is 274 g/mol. The predicted molar refractivity (Wildman–Crippen MR) is 81.4 cm³/mol. The van der Waals surface area contributed by atoms with Crippen molar-refractivity contribution in [3.05, 3.63) is 30.1 Å². The highest BCUT2D eigenvalue weighted by Crippen LogP contribution is 2.40. The maximum atomic E-state index is 6.35. The first kappa shape index (κ1) is 14.0. The van der Waals surface area contributed by atoms with Crippen LogP contribution >= 0.6 is 0 Å². The number of pyridine rings is 1. The van der Waals surface area contributed by atoms with E-state index in [0.29, 0.717) is 12.5 Å². The van der Waals surface area contributed by atoms with Crippen LogP contribution in [-0.2, 0) is 5.54 Å². The van der Waals surface area contributed by atoms with Gasteiger partial charge in [-0.05, 0) is 69.9 Å². The number of nitrogens with two attached hydrogens (primary N) is 1. The summed E-state index contributed by atoms with van der Waals surface area (Å²) < 4.78 is 0. The molecule has 2 aliphatic rings. The number of piperidine rings is 1. The van der Waals surface area contributed by atoms with Crippen LogP contribution in [-0.4, -0.2) is 42.6 Å². The van der Waals surface area contributed by atoms with Gasteiger partial charge in [0.05, 0.1) is 11.2 Å². The van der Waals surface area contributed by atoms with Gasteiger partial charge >= 0.3 is 0 Å². The Morgan fingerprint density at radius 2 is 2.00 bits per heavy atom. The van der Waals surface area contributed by atoms with Crippen molar-refractivity contribution in [2.75, 3.05) is 32.7 Å². The van der Waals surface area contributed by atoms with Gasteiger partial charge in [-0.1, -0.05) is 6.07 Å². The van der Waals surface area contributed by atoms with E-state index in [1.165, 1.54) is 31.4 Å². The summed E-state index contributed by atoms with van der Waals surface area (Å²) in [4.78, 5) is 7.32. The third kappa shape index (κ3) is 2.36. The molecule has 0 spiro atoms. The van der Waals surface area contributed by atoms with E-state index in [0.717, 1.165) is 26.2 Å². The number of rotatable bonds is 4. The highest BCUT2D eigenvalue weighted by Gasteiger charge is 2.46. The molecule has 3 N–H and O–H groups in total. The largest absolute Gasteiger partial charge is 0.328 e. The van der Waals surface area contributed by atoms with Crippen LogP contribution in [0.5, 0.6) is 0 Å². The Labute approximate surface area is 121 Å². The number of nitrogens with zero attached hydrogens (tertiary/aromatic N) is 2. The van der Waals surface area contributed by atoms with E-state index in [2.05, 4.69) is 22.3 Å². The molecule has 1 unspecified atom stereocenters. The van der Waals surface area contributed by atoms with Crippen LogP contribution in [0, 0.1) is 5.92 Å². The molecule has 0 bridgehead atoms. The minimum atomic E-state index is -0.0557. The number of nitrogens with one attached hydrogen (secondary N) is 1. The van der Waals surface area contributed by atoms with Crippen molar-refractivity contribution >= 4 is 0 Å². The van der Waals surface area contributed by atoms with E-state index in [-0.39, 0.29) is 5.54 Å². The number of hydrogen-bond donors (Lipinski definition) is 2. The van der Waals surface area contributed by atoms with Crippen molar-refractivity contribution in [3.8, 4) is 0 Å². The molecule has 0 radical (unpaired) electrons. The second kappa shape index (κ2) is 6.20. The maximum Gasteiger partial charge on any atom is 0.0786 e. The molecule has 3 rings (SSSR count). The van der Waals surface area contributed by atoms with E-state index in [9.17, 15) is 0 Å². The van der Waals surface area contributed by atoms with Crippen LogP contribution in [0.3, 0.4) is 0 Å². The van der Waals surface area contributed by atoms with Crippen LogP contribution in [0.1, 0.15) is 31.4 Å². The zero-order valence-electron chi connectivity index (χ0n) is 12.2. The van der Waals surface area contributed by atoms with Gasteiger partial charge in [-0.2, -0.15) is 0 Å². The third-order valence-corrected chi connectivity index (χ3v) is 5.10. The molecule has 1 aromatic heterocycles. The van der Waals surface area contributed by atoms with Gasteiger partial charge in [-0.25, -0.2) is 0 Å². The van der Waals surface area contributed by atoms with Gasteiger partial charge in [0.1, 0.15) is 0 Å². The lowest BCUT2D eigenvalue weighted by molar-refractivity contribution is 0.0354. The van der Waals surface area contributed by atoms with Crippen LogP contribution in [0.15, 0.2) is 24.4 Å². The quantitative estimate of drug-likeness (QED) is 0.870. The van der Waals surface area contributed by atoms with E-state index < -0.39 is 0 Å². The lowest BCUT2D eigenvalue weighted by Gasteiger charge is -2.48. The Bertz CT molecular complexity index is 410. The van der Waals surface area contributed by atoms with Crippen LogP contribution in [0.4, 0.5) is 0 Å². The third-order valence-electron chi connectivity index (χ3n) is 5.10. The molecule has 3 heterocycles. The number of hydrogen-bond acceptors (Lipinski definition) is 4. The fourth-order valence-electron chi connectivity index (χ4n) is 4.06. The Morgan fingerprint density at radius 3 is 2.60 bits per heavy atom. The summed E-state index contributed by atoms with van der Waals surface area (Å²) in [6.07, 6.45) is 6.89. The molecule has 2 saturated heterocycles. The van der Waals surface area contributed by atoms with E-state index in [1.807, 2.05) is 12.3 Å². The van der Waals surface area contributed by atoms with Crippen molar-refractivity contribution in [2.45, 2.75) is 31.2 Å². The summed E-state index contributed by atoms with van der Waals surface area (Å²) in [5.41, 5.74) is 7.47. The van der Waals surface area contributed by atoms with Gasteiger partial charge in [0.25, 0.3) is 0 Å². The van der Waals surface area contributed by atoms with Gasteiger partial charge in [0.15, 0.2) is 0 Å². The van der Waals surface area contributed by atoms with E-state index in [4.69, 9.17) is 10.7 Å². The summed E-state index contributed by atoms with van der Waals surface area (Å²) in [5.74, 6) is 0.613. The minimum absolute atomic E-state index is 0.0557. The molecule has 110 valence electrons. The molecule has 2 aliphatic heterocycles. The van der Waals surface area contributed by atoms with Gasteiger partial charge < -0.3 is 11.1 Å². The standard InChI is InChI=1S/C16H26N4/c17-13-16(20-11-3-4-12-20,14-6-9-18-10-7-14)15-5-1-2-8-19-15/h1-2,5,8,14,18H,3-4,6-7,9-13,17H2. The van der Waals surface area contributed by atoms with Crippen molar-refractivity contribution < 1.29 is 0 Å². The Hall–Kier alpha value is -0.970. The van der Waals surface area contributed by atoms with Gasteiger partial charge in [-0.15, -0.1) is 0 Å². The first-order valence-electron chi connectivity index (χ1n) is 7.95. The number of aromatic nitrogens is 1. The summed E-state index contributed by atoms with van der Waals surface area (Å²) in [6.45, 7) is 5.21. The highest BCUT2D eigenvalue weighted by atomic mass is 15.2. The minimum Gasteiger partial charge on any atom is -0.328 e. The molecule has 2 fully saturated rings. The topological polar surface area (TPSA) is 54.2 Å². The maximum absolute atomic E-state index is 6.35. The molecule has 0 amide bonds. The van der Waals surface area contributed by atoms with Crippen molar-refractivity contribution in [3.63, 3.8) is 0 Å². The molecule has 0 aliphatic carbocycles. The SMILES string of the molecule is NCC(c1ccccn1)(C1CCNCC1)N1CCCC1. The molecule has 0 saturated carbocycles. The fourth-order valence-corrected chi connectivity index (χ4v) is 4.06. The molecule has 1 atom stereocenters. The summed E-state index contributed by atoms with van der Waals surface area (Å²) in [6, 6.07) is 6.27. The molecule has 20 heavy (non-hydrogen) atoms. The van der Waals surface area contributed by atoms with Gasteiger partial charge in [0, 0.05) is 12.7 Å². The predicted octanol–water partition coefficient (Wildman–Crippen LogP) is 1.33. The Morgan fingerprint density at radius 1 is 1.25 bits per heavy atom. The van der Waals surface area contributed by atoms with Crippen molar-refractivity contribution in [1.29, 1.82) is 0 Å². The zero-order valence-corrected chi connectivity index (χ0v) is 12.2. The Balaban J connectivity index is 1.99.